The molecule has 170 valence electrons. The molecule has 0 spiro atoms. The first-order chi connectivity index (χ1) is 16.4. The Hall–Kier alpha value is -4.97. The highest BCUT2D eigenvalue weighted by Crippen LogP contribution is 2.17. The normalized spacial score (nSPS) is 10.6. The summed E-state index contributed by atoms with van der Waals surface area (Å²) in [7, 11) is 1.51. The molecule has 3 aromatic carbocycles. The van der Waals surface area contributed by atoms with Crippen molar-refractivity contribution >= 4 is 29.2 Å². The first-order valence-corrected chi connectivity index (χ1v) is 10.0. The number of rotatable bonds is 6. The zero-order valence-electron chi connectivity index (χ0n) is 18.4. The minimum Gasteiger partial charge on any atom is -0.497 e. The highest BCUT2D eigenvalue weighted by atomic mass is 16.5. The van der Waals surface area contributed by atoms with Crippen molar-refractivity contribution in [2.45, 2.75) is 6.92 Å². The quantitative estimate of drug-likeness (QED) is 0.193. The van der Waals surface area contributed by atoms with Gasteiger partial charge >= 0.3 is 17.8 Å². The zero-order chi connectivity index (χ0) is 24.5. The first kappa shape index (κ1) is 23.7. The number of methoxy groups -OCH3 is 1. The maximum atomic E-state index is 12.3. The van der Waals surface area contributed by atoms with Crippen molar-refractivity contribution in [1.29, 1.82) is 5.26 Å². The van der Waals surface area contributed by atoms with Crippen LogP contribution >= 0.6 is 0 Å². The first-order valence-electron chi connectivity index (χ1n) is 10.0. The predicted molar refractivity (Wildman–Crippen MR) is 125 cm³/mol. The van der Waals surface area contributed by atoms with E-state index < -0.39 is 17.8 Å². The van der Waals surface area contributed by atoms with Gasteiger partial charge in [0.05, 0.1) is 30.0 Å². The lowest BCUT2D eigenvalue weighted by Gasteiger charge is -2.07. The molecule has 0 aliphatic heterocycles. The molecule has 3 aromatic rings. The summed E-state index contributed by atoms with van der Waals surface area (Å²) in [6.45, 7) is 1.65. The smallest absolute Gasteiger partial charge is 0.343 e. The summed E-state index contributed by atoms with van der Waals surface area (Å²) < 4.78 is 10.5. The number of ether oxygens (including phenoxy) is 2. The van der Waals surface area contributed by atoms with Gasteiger partial charge < -0.3 is 14.8 Å². The van der Waals surface area contributed by atoms with Crippen LogP contribution in [0.4, 0.5) is 5.69 Å². The average Bonchev–Trinajstić information content (AvgIpc) is 2.87. The summed E-state index contributed by atoms with van der Waals surface area (Å²) in [6.07, 6.45) is 0. The molecule has 0 fully saturated rings. The summed E-state index contributed by atoms with van der Waals surface area (Å²) in [4.78, 5) is 36.3. The van der Waals surface area contributed by atoms with Crippen molar-refractivity contribution in [3.05, 3.63) is 89.5 Å². The van der Waals surface area contributed by atoms with Gasteiger partial charge in [-0.25, -0.2) is 10.2 Å². The lowest BCUT2D eigenvalue weighted by atomic mass is 10.1. The number of nitrogens with one attached hydrogen (secondary N) is 2. The molecule has 0 aliphatic carbocycles. The van der Waals surface area contributed by atoms with E-state index in [0.717, 1.165) is 0 Å². The Kier molecular flexibility index (Phi) is 7.71. The molecule has 0 atom stereocenters. The highest BCUT2D eigenvalue weighted by molar-refractivity contribution is 6.39. The number of benzene rings is 3. The Morgan fingerprint density at radius 3 is 2.24 bits per heavy atom. The molecule has 0 aromatic heterocycles. The van der Waals surface area contributed by atoms with E-state index in [4.69, 9.17) is 14.7 Å². The van der Waals surface area contributed by atoms with Crippen LogP contribution in [0.25, 0.3) is 0 Å². The van der Waals surface area contributed by atoms with Gasteiger partial charge in [0, 0.05) is 5.69 Å². The Bertz CT molecular complexity index is 1280. The van der Waals surface area contributed by atoms with Crippen molar-refractivity contribution in [1.82, 2.24) is 5.43 Å². The van der Waals surface area contributed by atoms with E-state index in [2.05, 4.69) is 15.8 Å². The molecule has 9 nitrogen and oxygen atoms in total. The summed E-state index contributed by atoms with van der Waals surface area (Å²) in [5, 5.41) is 15.1. The zero-order valence-corrected chi connectivity index (χ0v) is 18.4. The number of hydrogen-bond donors (Lipinski definition) is 2. The van der Waals surface area contributed by atoms with Crippen LogP contribution in [0, 0.1) is 11.3 Å². The SMILES string of the molecule is COc1cccc(C(=O)Oc2ccc(C(C)=NNC(=O)C(=O)Nc3ccc(C#N)cc3)cc2)c1. The third kappa shape index (κ3) is 6.27. The van der Waals surface area contributed by atoms with Gasteiger partial charge in [0.1, 0.15) is 11.5 Å². The molecule has 2 N–H and O–H groups in total. The van der Waals surface area contributed by atoms with Crippen molar-refractivity contribution in [2.24, 2.45) is 5.10 Å². The molecule has 9 heteroatoms. The molecule has 0 unspecified atom stereocenters. The molecular formula is C25H20N4O5. The molecular weight excluding hydrogens is 436 g/mol. The number of hydrazone groups is 1. The minimum atomic E-state index is -0.951. The van der Waals surface area contributed by atoms with E-state index in [-0.39, 0.29) is 0 Å². The van der Waals surface area contributed by atoms with Crippen LogP contribution in [-0.4, -0.2) is 30.6 Å². The second kappa shape index (κ2) is 11.1. The van der Waals surface area contributed by atoms with E-state index in [1.807, 2.05) is 6.07 Å². The summed E-state index contributed by atoms with van der Waals surface area (Å²) in [6, 6.07) is 21.2. The minimum absolute atomic E-state index is 0.329. The number of carbonyl (C=O) groups is 3. The topological polar surface area (TPSA) is 130 Å². The lowest BCUT2D eigenvalue weighted by Crippen LogP contribution is -2.32. The Morgan fingerprint density at radius 2 is 1.59 bits per heavy atom. The van der Waals surface area contributed by atoms with Crippen molar-refractivity contribution in [3.63, 3.8) is 0 Å². The maximum Gasteiger partial charge on any atom is 0.343 e. The van der Waals surface area contributed by atoms with Crippen LogP contribution in [-0.2, 0) is 9.59 Å². The Balaban J connectivity index is 1.56. The monoisotopic (exact) mass is 456 g/mol. The third-order valence-corrected chi connectivity index (χ3v) is 4.59. The van der Waals surface area contributed by atoms with Gasteiger partial charge in [0.15, 0.2) is 0 Å². The predicted octanol–water partition coefficient (Wildman–Crippen LogP) is 3.26. The fraction of sp³-hybridized carbons (Fsp3) is 0.0800. The molecule has 0 bridgehead atoms. The van der Waals surface area contributed by atoms with Gasteiger partial charge in [-0.3, -0.25) is 9.59 Å². The van der Waals surface area contributed by atoms with Crippen LogP contribution in [0.2, 0.25) is 0 Å². The van der Waals surface area contributed by atoms with E-state index in [9.17, 15) is 14.4 Å². The molecule has 3 rings (SSSR count). The second-order valence-electron chi connectivity index (χ2n) is 6.93. The lowest BCUT2D eigenvalue weighted by molar-refractivity contribution is -0.136. The van der Waals surface area contributed by atoms with E-state index >= 15 is 0 Å². The van der Waals surface area contributed by atoms with Gasteiger partial charge in [0.2, 0.25) is 0 Å². The molecule has 0 heterocycles. The van der Waals surface area contributed by atoms with Crippen molar-refractivity contribution in [2.75, 3.05) is 12.4 Å². The van der Waals surface area contributed by atoms with Crippen molar-refractivity contribution < 1.29 is 23.9 Å². The van der Waals surface area contributed by atoms with Gasteiger partial charge in [-0.1, -0.05) is 6.07 Å². The third-order valence-electron chi connectivity index (χ3n) is 4.59. The Morgan fingerprint density at radius 1 is 0.882 bits per heavy atom. The molecule has 0 aliphatic rings. The van der Waals surface area contributed by atoms with Gasteiger partial charge in [-0.15, -0.1) is 0 Å². The molecule has 34 heavy (non-hydrogen) atoms. The number of nitriles is 1. The number of nitrogens with zero attached hydrogens (tertiary/aromatic N) is 2. The van der Waals surface area contributed by atoms with E-state index in [1.165, 1.54) is 31.4 Å². The fourth-order valence-electron chi connectivity index (χ4n) is 2.75. The molecule has 0 saturated carbocycles. The standard InChI is InChI=1S/C25H20N4O5/c1-16(28-29-24(31)23(30)27-20-10-6-17(15-26)7-11-20)18-8-12-21(13-9-18)34-25(32)19-4-3-5-22(14-19)33-2/h3-14H,1-2H3,(H,27,30)(H,29,31). The van der Waals surface area contributed by atoms with Crippen LogP contribution in [0.15, 0.2) is 77.9 Å². The van der Waals surface area contributed by atoms with Crippen LogP contribution in [0.3, 0.4) is 0 Å². The van der Waals surface area contributed by atoms with Crippen LogP contribution in [0.1, 0.15) is 28.4 Å². The van der Waals surface area contributed by atoms with Crippen LogP contribution in [0.5, 0.6) is 11.5 Å². The number of esters is 1. The number of carbonyl (C=O) groups excluding carboxylic acids is 3. The van der Waals surface area contributed by atoms with E-state index in [0.29, 0.717) is 39.6 Å². The number of amides is 2. The average molecular weight is 456 g/mol. The molecule has 2 amide bonds. The maximum absolute atomic E-state index is 12.3. The highest BCUT2D eigenvalue weighted by Gasteiger charge is 2.14. The summed E-state index contributed by atoms with van der Waals surface area (Å²) in [5.41, 5.74) is 4.43. The van der Waals surface area contributed by atoms with Gasteiger partial charge in [-0.05, 0) is 79.2 Å². The summed E-state index contributed by atoms with van der Waals surface area (Å²) in [5.74, 6) is -1.51. The van der Waals surface area contributed by atoms with E-state index in [1.54, 1.807) is 55.5 Å². The molecule has 0 radical (unpaired) electrons. The second-order valence-corrected chi connectivity index (χ2v) is 6.93. The summed E-state index contributed by atoms with van der Waals surface area (Å²) >= 11 is 0. The fourth-order valence-corrected chi connectivity index (χ4v) is 2.75. The largest absolute Gasteiger partial charge is 0.497 e. The van der Waals surface area contributed by atoms with Crippen LogP contribution < -0.4 is 20.2 Å². The number of hydrogen-bond acceptors (Lipinski definition) is 7. The number of anilines is 1. The van der Waals surface area contributed by atoms with Gasteiger partial charge in [0.25, 0.3) is 0 Å². The Labute approximate surface area is 195 Å². The van der Waals surface area contributed by atoms with Gasteiger partial charge in [-0.2, -0.15) is 10.4 Å². The molecule has 0 saturated heterocycles. The van der Waals surface area contributed by atoms with Crippen molar-refractivity contribution in [3.8, 4) is 17.6 Å².